The highest BCUT2D eigenvalue weighted by atomic mass is 19.1. The zero-order chi connectivity index (χ0) is 32.0. The number of rotatable bonds is 9. The molecule has 3 aromatic carbocycles. The van der Waals surface area contributed by atoms with Crippen LogP contribution in [0.3, 0.4) is 0 Å². The molecule has 0 radical (unpaired) electrons. The SMILES string of the molecule is C[C@H](C(=O)OC1O[C@H](C(=O)O)[C@@H](O)[C@H](O)[C@H]1O)[C@H](c1cccc(O[C@@H]2CCc3cc(-c4cc(O)ccc4F)ccc32)c1)C1CC1. The topological polar surface area (TPSA) is 163 Å². The summed E-state index contributed by atoms with van der Waals surface area (Å²) in [6.45, 7) is 1.69. The molecule has 11 heteroatoms. The minimum absolute atomic E-state index is 0.00885. The van der Waals surface area contributed by atoms with E-state index < -0.39 is 54.4 Å². The molecule has 1 saturated heterocycles. The fourth-order valence-electron chi connectivity index (χ4n) is 6.50. The average Bonchev–Trinajstić information content (AvgIpc) is 3.78. The maximum absolute atomic E-state index is 14.4. The Bertz CT molecular complexity index is 1590. The first kappa shape index (κ1) is 31.0. The predicted octanol–water partition coefficient (Wildman–Crippen LogP) is 3.83. The van der Waals surface area contributed by atoms with E-state index in [1.54, 1.807) is 6.92 Å². The van der Waals surface area contributed by atoms with Gasteiger partial charge in [-0.2, -0.15) is 0 Å². The largest absolute Gasteiger partial charge is 0.508 e. The summed E-state index contributed by atoms with van der Waals surface area (Å²) in [6, 6.07) is 17.1. The lowest BCUT2D eigenvalue weighted by molar-refractivity contribution is -0.287. The van der Waals surface area contributed by atoms with Crippen molar-refractivity contribution in [1.82, 2.24) is 0 Å². The summed E-state index contributed by atoms with van der Waals surface area (Å²) in [5, 5.41) is 49.5. The van der Waals surface area contributed by atoms with Gasteiger partial charge in [-0.25, -0.2) is 9.18 Å². The van der Waals surface area contributed by atoms with Crippen LogP contribution in [0.15, 0.2) is 60.7 Å². The zero-order valence-corrected chi connectivity index (χ0v) is 24.5. The molecule has 0 amide bonds. The van der Waals surface area contributed by atoms with Gasteiger partial charge < -0.3 is 39.7 Å². The van der Waals surface area contributed by atoms with E-state index in [0.29, 0.717) is 16.9 Å². The molecule has 3 aliphatic rings. The third kappa shape index (κ3) is 6.26. The standard InChI is InChI=1S/C34H35FO10/c1-16(33(42)45-34-30(39)28(37)29(38)31(44-34)32(40)41)27(17-5-6-17)20-3-2-4-22(14-20)43-26-12-8-18-13-19(7-10-23(18)26)24-15-21(36)9-11-25(24)35/h2-4,7,9-11,13-17,26-31,34,36-39H,5-6,8,12H2,1H3,(H,40,41)/t16-,26+,27-,28-,29-,30+,31-,34?/m0/s1. The normalized spacial score (nSPS) is 27.3. The fourth-order valence-corrected chi connectivity index (χ4v) is 6.50. The lowest BCUT2D eigenvalue weighted by atomic mass is 9.83. The van der Waals surface area contributed by atoms with Crippen molar-refractivity contribution in [2.24, 2.45) is 11.8 Å². The molecule has 1 unspecified atom stereocenters. The number of halogens is 1. The van der Waals surface area contributed by atoms with E-state index in [2.05, 4.69) is 0 Å². The van der Waals surface area contributed by atoms with Gasteiger partial charge in [-0.1, -0.05) is 37.3 Å². The lowest BCUT2D eigenvalue weighted by Crippen LogP contribution is -2.60. The van der Waals surface area contributed by atoms with Gasteiger partial charge in [0.2, 0.25) is 6.29 Å². The molecular weight excluding hydrogens is 587 g/mol. The number of carbonyl (C=O) groups excluding carboxylic acids is 1. The van der Waals surface area contributed by atoms with Crippen LogP contribution in [-0.2, 0) is 25.5 Å². The van der Waals surface area contributed by atoms with E-state index in [1.807, 2.05) is 42.5 Å². The zero-order valence-electron chi connectivity index (χ0n) is 24.5. The van der Waals surface area contributed by atoms with Crippen molar-refractivity contribution in [2.75, 3.05) is 0 Å². The van der Waals surface area contributed by atoms with Gasteiger partial charge in [0.15, 0.2) is 6.10 Å². The van der Waals surface area contributed by atoms with Crippen LogP contribution in [0.25, 0.3) is 11.1 Å². The monoisotopic (exact) mass is 622 g/mol. The van der Waals surface area contributed by atoms with Gasteiger partial charge in [-0.05, 0) is 90.1 Å². The first-order valence-electron chi connectivity index (χ1n) is 15.0. The molecule has 0 aromatic heterocycles. The molecule has 8 atom stereocenters. The summed E-state index contributed by atoms with van der Waals surface area (Å²) in [4.78, 5) is 24.7. The van der Waals surface area contributed by atoms with Crippen molar-refractivity contribution < 1.29 is 53.7 Å². The lowest BCUT2D eigenvalue weighted by Gasteiger charge is -2.38. The number of aliphatic hydroxyl groups excluding tert-OH is 3. The van der Waals surface area contributed by atoms with E-state index in [-0.39, 0.29) is 23.7 Å². The maximum atomic E-state index is 14.4. The van der Waals surface area contributed by atoms with Crippen LogP contribution in [0.1, 0.15) is 54.9 Å². The van der Waals surface area contributed by atoms with Crippen molar-refractivity contribution in [2.45, 2.75) is 75.3 Å². The molecule has 238 valence electrons. The molecule has 45 heavy (non-hydrogen) atoms. The molecule has 1 aliphatic heterocycles. The Balaban J connectivity index is 1.16. The fraction of sp³-hybridized carbons (Fsp3) is 0.412. The predicted molar refractivity (Wildman–Crippen MR) is 157 cm³/mol. The molecule has 5 N–H and O–H groups in total. The Morgan fingerprint density at radius 2 is 1.73 bits per heavy atom. The van der Waals surface area contributed by atoms with Gasteiger partial charge in [0.1, 0.15) is 41.7 Å². The molecule has 0 spiro atoms. The van der Waals surface area contributed by atoms with Crippen molar-refractivity contribution in [3.8, 4) is 22.6 Å². The number of hydrogen-bond acceptors (Lipinski definition) is 9. The number of carboxylic acid groups (broad SMARTS) is 1. The summed E-state index contributed by atoms with van der Waals surface area (Å²) in [7, 11) is 0. The number of carboxylic acids is 1. The minimum Gasteiger partial charge on any atom is -0.508 e. The van der Waals surface area contributed by atoms with Crippen LogP contribution in [-0.4, -0.2) is 68.2 Å². The number of aliphatic carboxylic acids is 1. The smallest absolute Gasteiger partial charge is 0.335 e. The van der Waals surface area contributed by atoms with Crippen molar-refractivity contribution in [3.05, 3.63) is 83.2 Å². The Morgan fingerprint density at radius 1 is 0.956 bits per heavy atom. The van der Waals surface area contributed by atoms with Crippen LogP contribution >= 0.6 is 0 Å². The van der Waals surface area contributed by atoms with Crippen LogP contribution in [0.2, 0.25) is 0 Å². The van der Waals surface area contributed by atoms with Crippen LogP contribution in [0.5, 0.6) is 11.5 Å². The summed E-state index contributed by atoms with van der Waals surface area (Å²) in [6.07, 6.45) is -6.18. The number of benzene rings is 3. The number of fused-ring (bicyclic) bond motifs is 1. The van der Waals surface area contributed by atoms with Gasteiger partial charge in [-0.15, -0.1) is 0 Å². The second-order valence-electron chi connectivity index (χ2n) is 12.1. The van der Waals surface area contributed by atoms with E-state index in [1.165, 1.54) is 18.2 Å². The van der Waals surface area contributed by atoms with Crippen LogP contribution in [0, 0.1) is 17.7 Å². The summed E-state index contributed by atoms with van der Waals surface area (Å²) < 4.78 is 31.4. The minimum atomic E-state index is -1.89. The number of hydrogen-bond donors (Lipinski definition) is 5. The van der Waals surface area contributed by atoms with Gasteiger partial charge in [0.05, 0.1) is 5.92 Å². The number of aliphatic hydroxyl groups is 3. The van der Waals surface area contributed by atoms with E-state index in [4.69, 9.17) is 14.2 Å². The second kappa shape index (κ2) is 12.4. The first-order valence-corrected chi connectivity index (χ1v) is 15.0. The third-order valence-corrected chi connectivity index (χ3v) is 9.03. The molecule has 2 aliphatic carbocycles. The summed E-state index contributed by atoms with van der Waals surface area (Å²) in [5.41, 5.74) is 3.90. The molecule has 1 saturated carbocycles. The van der Waals surface area contributed by atoms with Crippen molar-refractivity contribution >= 4 is 11.9 Å². The quantitative estimate of drug-likeness (QED) is 0.222. The number of carbonyl (C=O) groups is 2. The highest BCUT2D eigenvalue weighted by Crippen LogP contribution is 2.48. The molecule has 3 aromatic rings. The Labute approximate surface area is 258 Å². The van der Waals surface area contributed by atoms with Crippen LogP contribution in [0.4, 0.5) is 4.39 Å². The van der Waals surface area contributed by atoms with Crippen LogP contribution < -0.4 is 4.74 Å². The average molecular weight is 623 g/mol. The van der Waals surface area contributed by atoms with E-state index >= 15 is 0 Å². The number of aromatic hydroxyl groups is 1. The number of phenols is 1. The van der Waals surface area contributed by atoms with Gasteiger partial charge in [0.25, 0.3) is 0 Å². The van der Waals surface area contributed by atoms with Gasteiger partial charge in [0, 0.05) is 5.56 Å². The third-order valence-electron chi connectivity index (χ3n) is 9.03. The molecule has 10 nitrogen and oxygen atoms in total. The van der Waals surface area contributed by atoms with Crippen molar-refractivity contribution in [3.63, 3.8) is 0 Å². The van der Waals surface area contributed by atoms with E-state index in [0.717, 1.165) is 42.4 Å². The molecule has 1 heterocycles. The molecule has 0 bridgehead atoms. The molecule has 6 rings (SSSR count). The number of esters is 1. The Morgan fingerprint density at radius 3 is 2.47 bits per heavy atom. The number of ether oxygens (including phenoxy) is 3. The molecular formula is C34H35FO10. The maximum Gasteiger partial charge on any atom is 0.335 e. The number of phenolic OH excluding ortho intramolecular Hbond substituents is 1. The first-order chi connectivity index (χ1) is 21.5. The summed E-state index contributed by atoms with van der Waals surface area (Å²) >= 11 is 0. The molecule has 2 fully saturated rings. The number of aryl methyl sites for hydroxylation is 1. The van der Waals surface area contributed by atoms with Crippen molar-refractivity contribution in [1.29, 1.82) is 0 Å². The van der Waals surface area contributed by atoms with Gasteiger partial charge in [-0.3, -0.25) is 4.79 Å². The second-order valence-corrected chi connectivity index (χ2v) is 12.1. The highest BCUT2D eigenvalue weighted by Gasteiger charge is 2.49. The Hall–Kier alpha value is -4.03. The van der Waals surface area contributed by atoms with Gasteiger partial charge >= 0.3 is 11.9 Å². The highest BCUT2D eigenvalue weighted by molar-refractivity contribution is 5.75. The van der Waals surface area contributed by atoms with E-state index in [9.17, 15) is 39.5 Å². The summed E-state index contributed by atoms with van der Waals surface area (Å²) in [5.74, 6) is -2.88. The Kier molecular flexibility index (Phi) is 8.53.